The van der Waals surface area contributed by atoms with Gasteiger partial charge in [-0.15, -0.1) is 11.3 Å². The molecule has 1 aromatic carbocycles. The predicted octanol–water partition coefficient (Wildman–Crippen LogP) is 4.81. The van der Waals surface area contributed by atoms with Crippen LogP contribution in [0.2, 0.25) is 5.02 Å². The Morgan fingerprint density at radius 1 is 1.44 bits per heavy atom. The summed E-state index contributed by atoms with van der Waals surface area (Å²) in [5, 5.41) is 5.59. The summed E-state index contributed by atoms with van der Waals surface area (Å²) < 4.78 is 14.9. The highest BCUT2D eigenvalue weighted by Crippen LogP contribution is 2.27. The second-order valence-electron chi connectivity index (χ2n) is 3.94. The van der Waals surface area contributed by atoms with E-state index in [4.69, 9.17) is 11.6 Å². The lowest BCUT2D eigenvalue weighted by molar-refractivity contribution is 0.536. The smallest absolute Gasteiger partial charge is 0.129 e. The normalized spacial score (nSPS) is 12.7. The molecule has 0 saturated carbocycles. The molecule has 0 amide bonds. The monoisotopic (exact) mass is 347 g/mol. The molecular weight excluding hydrogens is 337 g/mol. The van der Waals surface area contributed by atoms with Crippen LogP contribution in [0.5, 0.6) is 0 Å². The summed E-state index contributed by atoms with van der Waals surface area (Å²) >= 11 is 10.8. The zero-order valence-corrected chi connectivity index (χ0v) is 12.9. The standard InChI is InChI=1S/C13H12BrClFNS/c1-17-13(6-10-4-8(14)7-18-10)11-3-2-9(15)5-12(11)16/h2-5,7,13,17H,6H2,1H3. The number of hydrogen-bond donors (Lipinski definition) is 1. The van der Waals surface area contributed by atoms with Crippen molar-refractivity contribution in [3.05, 3.63) is 55.4 Å². The van der Waals surface area contributed by atoms with Crippen molar-refractivity contribution >= 4 is 38.9 Å². The minimum absolute atomic E-state index is 0.0483. The minimum atomic E-state index is -0.266. The van der Waals surface area contributed by atoms with Crippen molar-refractivity contribution in [2.75, 3.05) is 7.05 Å². The molecule has 2 aromatic rings. The number of halogens is 3. The Morgan fingerprint density at radius 3 is 2.78 bits per heavy atom. The van der Waals surface area contributed by atoms with Gasteiger partial charge in [-0.2, -0.15) is 0 Å². The maximum Gasteiger partial charge on any atom is 0.129 e. The molecule has 0 radical (unpaired) electrons. The van der Waals surface area contributed by atoms with Gasteiger partial charge in [-0.05, 0) is 41.2 Å². The maximum atomic E-state index is 13.9. The van der Waals surface area contributed by atoms with Crippen molar-refractivity contribution in [3.63, 3.8) is 0 Å². The van der Waals surface area contributed by atoms with E-state index in [9.17, 15) is 4.39 Å². The summed E-state index contributed by atoms with van der Waals surface area (Å²) in [6.07, 6.45) is 0.755. The lowest BCUT2D eigenvalue weighted by atomic mass is 10.0. The highest BCUT2D eigenvalue weighted by atomic mass is 79.9. The van der Waals surface area contributed by atoms with Gasteiger partial charge in [0.15, 0.2) is 0 Å². The summed E-state index contributed by atoms with van der Waals surface area (Å²) in [6, 6.07) is 6.82. The van der Waals surface area contributed by atoms with Gasteiger partial charge < -0.3 is 5.32 Å². The Labute approximate surface area is 123 Å². The van der Waals surface area contributed by atoms with Gasteiger partial charge in [0, 0.05) is 37.8 Å². The van der Waals surface area contributed by atoms with E-state index in [2.05, 4.69) is 27.3 Å². The van der Waals surface area contributed by atoms with E-state index >= 15 is 0 Å². The van der Waals surface area contributed by atoms with Crippen LogP contribution < -0.4 is 5.32 Å². The second kappa shape index (κ2) is 6.15. The van der Waals surface area contributed by atoms with Crippen LogP contribution in [0.4, 0.5) is 4.39 Å². The number of benzene rings is 1. The van der Waals surface area contributed by atoms with Crippen LogP contribution in [0.3, 0.4) is 0 Å². The number of hydrogen-bond acceptors (Lipinski definition) is 2. The molecule has 1 unspecified atom stereocenters. The third kappa shape index (κ3) is 3.32. The zero-order chi connectivity index (χ0) is 13.1. The zero-order valence-electron chi connectivity index (χ0n) is 9.71. The van der Waals surface area contributed by atoms with Crippen LogP contribution in [0, 0.1) is 5.82 Å². The van der Waals surface area contributed by atoms with E-state index in [0.717, 1.165) is 10.9 Å². The van der Waals surface area contributed by atoms with E-state index in [0.29, 0.717) is 10.6 Å². The summed E-state index contributed by atoms with van der Waals surface area (Å²) in [5.74, 6) is -0.266. The lowest BCUT2D eigenvalue weighted by Crippen LogP contribution is -2.19. The first-order valence-corrected chi connectivity index (χ1v) is 7.50. The van der Waals surface area contributed by atoms with Crippen molar-refractivity contribution in [3.8, 4) is 0 Å². The predicted molar refractivity (Wildman–Crippen MR) is 78.9 cm³/mol. The molecule has 96 valence electrons. The summed E-state index contributed by atoms with van der Waals surface area (Å²) in [5.41, 5.74) is 0.645. The third-order valence-electron chi connectivity index (χ3n) is 2.71. The molecule has 0 aliphatic rings. The molecule has 1 atom stereocenters. The van der Waals surface area contributed by atoms with Gasteiger partial charge in [-0.3, -0.25) is 0 Å². The number of likely N-dealkylation sites (N-methyl/N-ethyl adjacent to an activating group) is 1. The van der Waals surface area contributed by atoms with Crippen LogP contribution in [-0.2, 0) is 6.42 Å². The molecule has 0 bridgehead atoms. The van der Waals surface area contributed by atoms with Gasteiger partial charge >= 0.3 is 0 Å². The molecule has 5 heteroatoms. The fourth-order valence-electron chi connectivity index (χ4n) is 1.81. The number of nitrogens with one attached hydrogen (secondary N) is 1. The largest absolute Gasteiger partial charge is 0.313 e. The van der Waals surface area contributed by atoms with Crippen molar-refractivity contribution < 1.29 is 4.39 Å². The van der Waals surface area contributed by atoms with Crippen molar-refractivity contribution in [1.29, 1.82) is 0 Å². The quantitative estimate of drug-likeness (QED) is 0.836. The summed E-state index contributed by atoms with van der Waals surface area (Å²) in [6.45, 7) is 0. The van der Waals surface area contributed by atoms with Gasteiger partial charge in [0.2, 0.25) is 0 Å². The van der Waals surface area contributed by atoms with Crippen LogP contribution in [-0.4, -0.2) is 7.05 Å². The minimum Gasteiger partial charge on any atom is -0.313 e. The second-order valence-corrected chi connectivity index (χ2v) is 6.29. The third-order valence-corrected chi connectivity index (χ3v) is 4.67. The molecule has 0 aliphatic heterocycles. The Balaban J connectivity index is 2.22. The Morgan fingerprint density at radius 2 is 2.22 bits per heavy atom. The molecule has 1 heterocycles. The molecule has 0 fully saturated rings. The molecule has 1 aromatic heterocycles. The van der Waals surface area contributed by atoms with Gasteiger partial charge in [-0.25, -0.2) is 4.39 Å². The first-order valence-electron chi connectivity index (χ1n) is 5.45. The molecule has 2 rings (SSSR count). The molecule has 1 N–H and O–H groups in total. The Bertz CT molecular complexity index is 544. The fraction of sp³-hybridized carbons (Fsp3) is 0.231. The van der Waals surface area contributed by atoms with Crippen LogP contribution in [0.1, 0.15) is 16.5 Å². The van der Waals surface area contributed by atoms with Crippen molar-refractivity contribution in [2.45, 2.75) is 12.5 Å². The van der Waals surface area contributed by atoms with Gasteiger partial charge in [0.25, 0.3) is 0 Å². The van der Waals surface area contributed by atoms with Crippen molar-refractivity contribution in [1.82, 2.24) is 5.32 Å². The van der Waals surface area contributed by atoms with E-state index in [1.807, 2.05) is 12.4 Å². The summed E-state index contributed by atoms with van der Waals surface area (Å²) in [4.78, 5) is 1.20. The average Bonchev–Trinajstić information content (AvgIpc) is 2.72. The van der Waals surface area contributed by atoms with Crippen LogP contribution in [0.25, 0.3) is 0 Å². The van der Waals surface area contributed by atoms with Gasteiger partial charge in [0.05, 0.1) is 0 Å². The van der Waals surface area contributed by atoms with Crippen LogP contribution >= 0.6 is 38.9 Å². The summed E-state index contributed by atoms with van der Waals surface area (Å²) in [7, 11) is 1.83. The highest BCUT2D eigenvalue weighted by molar-refractivity contribution is 9.10. The molecule has 18 heavy (non-hydrogen) atoms. The van der Waals surface area contributed by atoms with Gasteiger partial charge in [-0.1, -0.05) is 17.7 Å². The topological polar surface area (TPSA) is 12.0 Å². The van der Waals surface area contributed by atoms with Crippen molar-refractivity contribution in [2.24, 2.45) is 0 Å². The number of rotatable bonds is 4. The SMILES string of the molecule is CNC(Cc1cc(Br)cs1)c1ccc(Cl)cc1F. The highest BCUT2D eigenvalue weighted by Gasteiger charge is 2.15. The van der Waals surface area contributed by atoms with E-state index in [1.54, 1.807) is 23.5 Å². The Kier molecular flexibility index (Phi) is 4.78. The van der Waals surface area contributed by atoms with E-state index in [-0.39, 0.29) is 11.9 Å². The Hall–Kier alpha value is -0.420. The van der Waals surface area contributed by atoms with E-state index < -0.39 is 0 Å². The molecule has 1 nitrogen and oxygen atoms in total. The first kappa shape index (κ1) is 14.0. The van der Waals surface area contributed by atoms with E-state index in [1.165, 1.54) is 10.9 Å². The molecular formula is C13H12BrClFNS. The van der Waals surface area contributed by atoms with Gasteiger partial charge in [0.1, 0.15) is 5.82 Å². The fourth-order valence-corrected chi connectivity index (χ4v) is 3.47. The molecule has 0 spiro atoms. The molecule has 0 saturated heterocycles. The number of thiophene rings is 1. The lowest BCUT2D eigenvalue weighted by Gasteiger charge is -2.16. The molecule has 0 aliphatic carbocycles. The average molecular weight is 349 g/mol. The van der Waals surface area contributed by atoms with Crippen LogP contribution in [0.15, 0.2) is 34.1 Å². The first-order chi connectivity index (χ1) is 8.60. The maximum absolute atomic E-state index is 13.9.